The second-order valence-electron chi connectivity index (χ2n) is 11.0. The normalized spacial score (nSPS) is 11.5. The van der Waals surface area contributed by atoms with Gasteiger partial charge >= 0.3 is 6.16 Å². The number of imidazole rings is 1. The van der Waals surface area contributed by atoms with Gasteiger partial charge in [-0.2, -0.15) is 0 Å². The van der Waals surface area contributed by atoms with Crippen LogP contribution in [0.4, 0.5) is 10.5 Å². The summed E-state index contributed by atoms with van der Waals surface area (Å²) >= 11 is 0. The summed E-state index contributed by atoms with van der Waals surface area (Å²) in [4.78, 5) is 16.4. The predicted octanol–water partition coefficient (Wildman–Crippen LogP) is 8.54. The van der Waals surface area contributed by atoms with Gasteiger partial charge in [0.2, 0.25) is 0 Å². The Balaban J connectivity index is 1.53. The minimum atomic E-state index is -3.77. The molecule has 0 saturated heterocycles. The molecule has 0 unspecified atom stereocenters. The summed E-state index contributed by atoms with van der Waals surface area (Å²) in [5.41, 5.74) is 4.90. The van der Waals surface area contributed by atoms with Crippen LogP contribution in [-0.4, -0.2) is 35.8 Å². The second-order valence-corrected chi connectivity index (χ2v) is 12.9. The number of fused-ring (bicyclic) bond motifs is 1. The van der Waals surface area contributed by atoms with Gasteiger partial charge in [-0.15, -0.1) is 0 Å². The molecule has 0 aliphatic heterocycles. The van der Waals surface area contributed by atoms with Crippen molar-refractivity contribution in [1.29, 1.82) is 0 Å². The van der Waals surface area contributed by atoms with E-state index in [-0.39, 0.29) is 10.6 Å². The number of carboxylic acid groups (broad SMARTS) is 1. The van der Waals surface area contributed by atoms with Gasteiger partial charge in [0.15, 0.2) is 0 Å². The zero-order valence-electron chi connectivity index (χ0n) is 25.7. The zero-order valence-corrected chi connectivity index (χ0v) is 26.5. The maximum Gasteiger partial charge on any atom is 0.511 e. The third-order valence-electron chi connectivity index (χ3n) is 7.84. The summed E-state index contributed by atoms with van der Waals surface area (Å²) in [6.45, 7) is 5.20. The Bertz CT molecular complexity index is 1850. The molecule has 1 aromatic heterocycles. The SMILES string of the molecule is CCCCCN(c1ccc2nc(CCCC)n(Cc3ccc(-c4ccccc4OC(=O)O)cc3)c2c1)S(=O)(=O)c1ccccc1. The third-order valence-corrected chi connectivity index (χ3v) is 9.68. The standard InChI is InChI=1S/C36H39N3O5S/c1-3-5-12-24-39(45(42,43)30-13-8-7-9-14-30)29-22-23-32-33(25-29)38(35(37-32)17-6-4-2)26-27-18-20-28(21-19-27)31-15-10-11-16-34(31)44-36(40)41/h7-11,13-16,18-23,25H,3-6,12,17,24,26H2,1-2H3,(H,40,41). The van der Waals surface area contributed by atoms with E-state index in [4.69, 9.17) is 14.8 Å². The van der Waals surface area contributed by atoms with Crippen LogP contribution in [0.2, 0.25) is 0 Å². The highest BCUT2D eigenvalue weighted by Gasteiger charge is 2.25. The Morgan fingerprint density at radius 2 is 1.58 bits per heavy atom. The molecule has 0 aliphatic rings. The number of sulfonamides is 1. The number of carbonyl (C=O) groups is 1. The van der Waals surface area contributed by atoms with Crippen molar-refractivity contribution in [2.45, 2.75) is 63.8 Å². The quantitative estimate of drug-likeness (QED) is 0.0754. The maximum absolute atomic E-state index is 13.9. The Labute approximate surface area is 265 Å². The highest BCUT2D eigenvalue weighted by atomic mass is 32.2. The molecule has 0 bridgehead atoms. The lowest BCUT2D eigenvalue weighted by Crippen LogP contribution is -2.32. The van der Waals surface area contributed by atoms with Crippen LogP contribution < -0.4 is 9.04 Å². The lowest BCUT2D eigenvalue weighted by Gasteiger charge is -2.25. The van der Waals surface area contributed by atoms with Crippen molar-refractivity contribution < 1.29 is 23.1 Å². The Morgan fingerprint density at radius 3 is 2.29 bits per heavy atom. The highest BCUT2D eigenvalue weighted by molar-refractivity contribution is 7.92. The first-order valence-corrected chi connectivity index (χ1v) is 16.9. The largest absolute Gasteiger partial charge is 0.511 e. The third kappa shape index (κ3) is 7.37. The summed E-state index contributed by atoms with van der Waals surface area (Å²) in [5.74, 6) is 1.23. The zero-order chi connectivity index (χ0) is 31.8. The van der Waals surface area contributed by atoms with E-state index in [1.54, 1.807) is 36.4 Å². The number of para-hydroxylation sites is 1. The maximum atomic E-state index is 13.9. The van der Waals surface area contributed by atoms with E-state index in [0.717, 1.165) is 66.5 Å². The van der Waals surface area contributed by atoms with Gasteiger partial charge in [0.25, 0.3) is 10.0 Å². The monoisotopic (exact) mass is 625 g/mol. The Hall–Kier alpha value is -4.63. The molecule has 4 aromatic carbocycles. The molecule has 8 nitrogen and oxygen atoms in total. The van der Waals surface area contributed by atoms with E-state index < -0.39 is 16.2 Å². The fraction of sp³-hybridized carbons (Fsp3) is 0.278. The molecule has 45 heavy (non-hydrogen) atoms. The molecule has 0 atom stereocenters. The number of aryl methyl sites for hydroxylation is 1. The molecule has 1 heterocycles. The van der Waals surface area contributed by atoms with Gasteiger partial charge in [-0.05, 0) is 60.4 Å². The van der Waals surface area contributed by atoms with Crippen molar-refractivity contribution in [2.75, 3.05) is 10.8 Å². The molecular weight excluding hydrogens is 586 g/mol. The topological polar surface area (TPSA) is 102 Å². The van der Waals surface area contributed by atoms with Gasteiger partial charge in [-0.1, -0.05) is 93.8 Å². The van der Waals surface area contributed by atoms with Crippen molar-refractivity contribution >= 4 is 32.9 Å². The van der Waals surface area contributed by atoms with E-state index in [1.807, 2.05) is 60.7 Å². The molecule has 0 amide bonds. The van der Waals surface area contributed by atoms with Crippen LogP contribution in [0.3, 0.4) is 0 Å². The van der Waals surface area contributed by atoms with Gasteiger partial charge in [0.1, 0.15) is 11.6 Å². The Morgan fingerprint density at radius 1 is 0.867 bits per heavy atom. The summed E-state index contributed by atoms with van der Waals surface area (Å²) < 4.78 is 36.5. The molecule has 5 rings (SSSR count). The van der Waals surface area contributed by atoms with E-state index in [1.165, 1.54) is 4.31 Å². The number of rotatable bonds is 14. The molecule has 0 radical (unpaired) electrons. The molecule has 1 N–H and O–H groups in total. The molecule has 234 valence electrons. The van der Waals surface area contributed by atoms with Crippen LogP contribution in [0.25, 0.3) is 22.2 Å². The van der Waals surface area contributed by atoms with Crippen LogP contribution >= 0.6 is 0 Å². The van der Waals surface area contributed by atoms with Gasteiger partial charge in [0, 0.05) is 25.1 Å². The highest BCUT2D eigenvalue weighted by Crippen LogP contribution is 2.32. The minimum absolute atomic E-state index is 0.272. The fourth-order valence-corrected chi connectivity index (χ4v) is 7.01. The average Bonchev–Trinajstić information content (AvgIpc) is 3.39. The van der Waals surface area contributed by atoms with E-state index >= 15 is 0 Å². The predicted molar refractivity (Wildman–Crippen MR) is 178 cm³/mol. The van der Waals surface area contributed by atoms with Crippen molar-refractivity contribution in [3.05, 3.63) is 108 Å². The molecule has 0 fully saturated rings. The van der Waals surface area contributed by atoms with Gasteiger partial charge in [-0.25, -0.2) is 18.2 Å². The second kappa shape index (κ2) is 14.4. The summed E-state index contributed by atoms with van der Waals surface area (Å²) in [7, 11) is -3.77. The van der Waals surface area contributed by atoms with E-state index in [9.17, 15) is 13.2 Å². The van der Waals surface area contributed by atoms with E-state index in [0.29, 0.717) is 24.3 Å². The van der Waals surface area contributed by atoms with Gasteiger partial charge in [0.05, 0.1) is 21.6 Å². The first kappa shape index (κ1) is 31.8. The smallest absolute Gasteiger partial charge is 0.449 e. The van der Waals surface area contributed by atoms with Crippen LogP contribution in [0.15, 0.2) is 102 Å². The van der Waals surface area contributed by atoms with Gasteiger partial charge in [-0.3, -0.25) is 4.31 Å². The van der Waals surface area contributed by atoms with Gasteiger partial charge < -0.3 is 14.4 Å². The van der Waals surface area contributed by atoms with Crippen LogP contribution in [0, 0.1) is 0 Å². The number of benzene rings is 4. The molecule has 0 aliphatic carbocycles. The molecule has 0 saturated carbocycles. The number of unbranched alkanes of at least 4 members (excludes halogenated alkanes) is 3. The summed E-state index contributed by atoms with van der Waals surface area (Å²) in [6, 6.07) is 29.3. The number of nitrogens with zero attached hydrogens (tertiary/aromatic N) is 3. The van der Waals surface area contributed by atoms with Crippen LogP contribution in [0.1, 0.15) is 57.3 Å². The van der Waals surface area contributed by atoms with Crippen LogP contribution in [-0.2, 0) is 23.0 Å². The number of hydrogen-bond donors (Lipinski definition) is 1. The number of aromatic nitrogens is 2. The number of anilines is 1. The lowest BCUT2D eigenvalue weighted by molar-refractivity contribution is 0.144. The first-order valence-electron chi connectivity index (χ1n) is 15.5. The number of hydrogen-bond acceptors (Lipinski definition) is 5. The molecule has 0 spiro atoms. The molecule has 5 aromatic rings. The minimum Gasteiger partial charge on any atom is -0.449 e. The van der Waals surface area contributed by atoms with E-state index in [2.05, 4.69) is 18.4 Å². The average molecular weight is 626 g/mol. The molecular formula is C36H39N3O5S. The van der Waals surface area contributed by atoms with Crippen LogP contribution in [0.5, 0.6) is 5.75 Å². The Kier molecular flexibility index (Phi) is 10.2. The van der Waals surface area contributed by atoms with Crippen molar-refractivity contribution in [3.8, 4) is 16.9 Å². The lowest BCUT2D eigenvalue weighted by atomic mass is 10.0. The first-order chi connectivity index (χ1) is 21.8. The van der Waals surface area contributed by atoms with Crippen molar-refractivity contribution in [1.82, 2.24) is 9.55 Å². The fourth-order valence-electron chi connectivity index (χ4n) is 5.49. The summed E-state index contributed by atoms with van der Waals surface area (Å²) in [6.07, 6.45) is 4.15. The van der Waals surface area contributed by atoms with Crippen molar-refractivity contribution in [2.24, 2.45) is 0 Å². The number of ether oxygens (including phenoxy) is 1. The summed E-state index contributed by atoms with van der Waals surface area (Å²) in [5, 5.41) is 9.14. The molecule has 9 heteroatoms. The van der Waals surface area contributed by atoms with Crippen molar-refractivity contribution in [3.63, 3.8) is 0 Å².